The summed E-state index contributed by atoms with van der Waals surface area (Å²) in [6, 6.07) is 10.5. The standard InChI is InChI=1S/C23H40Cl2N.ClH/c1-4-5-6-7-8-9-10-11-12-13-14-18-21-23(2,26(3,24)25)22-19-16-15-17-20-22;/h15-17,19-20H,4-14,18,21H2,1-3H3;1H/q+1;/p-1. The predicted octanol–water partition coefficient (Wildman–Crippen LogP) is 5.75. The Morgan fingerprint density at radius 3 is 1.56 bits per heavy atom. The monoisotopic (exact) mass is 435 g/mol. The van der Waals surface area contributed by atoms with Gasteiger partial charge in [0.1, 0.15) is 7.05 Å². The zero-order valence-electron chi connectivity index (χ0n) is 17.7. The topological polar surface area (TPSA) is 0 Å². The Morgan fingerprint density at radius 1 is 0.741 bits per heavy atom. The Morgan fingerprint density at radius 2 is 1.15 bits per heavy atom. The van der Waals surface area contributed by atoms with Crippen molar-refractivity contribution in [3.63, 3.8) is 0 Å². The van der Waals surface area contributed by atoms with Crippen LogP contribution in [0.2, 0.25) is 0 Å². The van der Waals surface area contributed by atoms with Gasteiger partial charge in [0.2, 0.25) is 0 Å². The van der Waals surface area contributed by atoms with Crippen LogP contribution in [-0.2, 0) is 5.54 Å². The van der Waals surface area contributed by atoms with Crippen molar-refractivity contribution >= 4 is 23.6 Å². The maximum atomic E-state index is 6.52. The summed E-state index contributed by atoms with van der Waals surface area (Å²) in [6.45, 7) is 4.46. The van der Waals surface area contributed by atoms with Crippen LogP contribution in [0.5, 0.6) is 0 Å². The number of hydrogen-bond acceptors (Lipinski definition) is 0. The first-order valence-electron chi connectivity index (χ1n) is 10.7. The molecule has 0 aromatic heterocycles. The number of nitrogens with zero attached hydrogens (tertiary/aromatic N) is 1. The summed E-state index contributed by atoms with van der Waals surface area (Å²) < 4.78 is -0.0605. The second kappa shape index (κ2) is 15.0. The van der Waals surface area contributed by atoms with Gasteiger partial charge in [-0.1, -0.05) is 108 Å². The van der Waals surface area contributed by atoms with Crippen LogP contribution in [0.3, 0.4) is 0 Å². The molecule has 0 bridgehead atoms. The van der Waals surface area contributed by atoms with E-state index in [2.05, 4.69) is 38.1 Å². The van der Waals surface area contributed by atoms with Crippen LogP contribution in [0, 0.1) is 0 Å². The zero-order chi connectivity index (χ0) is 19.3. The highest BCUT2D eigenvalue weighted by atomic mass is 35.5. The minimum atomic E-state index is -0.261. The molecular formula is C23H40Cl3N. The van der Waals surface area contributed by atoms with Crippen LogP contribution in [0.25, 0.3) is 0 Å². The molecule has 0 N–H and O–H groups in total. The summed E-state index contributed by atoms with van der Waals surface area (Å²) in [7, 11) is 1.87. The molecule has 0 fully saturated rings. The van der Waals surface area contributed by atoms with Gasteiger partial charge in [-0.2, -0.15) is 0 Å². The number of halogens is 3. The van der Waals surface area contributed by atoms with E-state index in [1.54, 1.807) is 0 Å². The van der Waals surface area contributed by atoms with E-state index in [9.17, 15) is 0 Å². The van der Waals surface area contributed by atoms with Gasteiger partial charge in [-0.3, -0.25) is 0 Å². The number of rotatable bonds is 15. The highest BCUT2D eigenvalue weighted by Gasteiger charge is 2.45. The van der Waals surface area contributed by atoms with Crippen molar-refractivity contribution in [2.24, 2.45) is 0 Å². The molecule has 0 saturated carbocycles. The molecule has 1 rings (SSSR count). The van der Waals surface area contributed by atoms with Crippen molar-refractivity contribution in [3.05, 3.63) is 35.9 Å². The molecule has 158 valence electrons. The molecule has 0 heterocycles. The van der Waals surface area contributed by atoms with Crippen LogP contribution in [0.15, 0.2) is 30.3 Å². The van der Waals surface area contributed by atoms with E-state index in [0.29, 0.717) is 0 Å². The summed E-state index contributed by atoms with van der Waals surface area (Å²) in [5.74, 6) is 0. The molecular weight excluding hydrogens is 397 g/mol. The first-order valence-corrected chi connectivity index (χ1v) is 11.4. The largest absolute Gasteiger partial charge is 1.00 e. The number of unbranched alkanes of at least 4 members (excludes halogenated alkanes) is 11. The Labute approximate surface area is 185 Å². The smallest absolute Gasteiger partial charge is 0.187 e. The van der Waals surface area contributed by atoms with Crippen LogP contribution >= 0.6 is 23.6 Å². The molecule has 0 radical (unpaired) electrons. The van der Waals surface area contributed by atoms with Crippen LogP contribution in [0.4, 0.5) is 0 Å². The fourth-order valence-corrected chi connectivity index (χ4v) is 4.04. The van der Waals surface area contributed by atoms with Crippen molar-refractivity contribution in [2.75, 3.05) is 7.05 Å². The van der Waals surface area contributed by atoms with Gasteiger partial charge in [-0.05, 0) is 13.3 Å². The molecule has 1 unspecified atom stereocenters. The maximum absolute atomic E-state index is 6.52. The third-order valence-electron chi connectivity index (χ3n) is 5.78. The molecule has 0 amide bonds. The van der Waals surface area contributed by atoms with E-state index < -0.39 is 0 Å². The molecule has 0 aliphatic heterocycles. The summed E-state index contributed by atoms with van der Waals surface area (Å²) in [4.78, 5) is 0. The molecule has 0 saturated heterocycles. The van der Waals surface area contributed by atoms with Gasteiger partial charge >= 0.3 is 0 Å². The molecule has 0 spiro atoms. The summed E-state index contributed by atoms with van der Waals surface area (Å²) in [6.07, 6.45) is 17.4. The maximum Gasteiger partial charge on any atom is 0.187 e. The number of hydrogen-bond donors (Lipinski definition) is 0. The van der Waals surface area contributed by atoms with Gasteiger partial charge in [0, 0.05) is 12.0 Å². The van der Waals surface area contributed by atoms with E-state index in [1.807, 2.05) is 13.1 Å². The second-order valence-corrected chi connectivity index (χ2v) is 9.60. The summed E-state index contributed by atoms with van der Waals surface area (Å²) in [5, 5.41) is 0. The van der Waals surface area contributed by atoms with Gasteiger partial charge in [-0.15, -0.1) is 3.52 Å². The quantitative estimate of drug-likeness (QED) is 0.242. The second-order valence-electron chi connectivity index (χ2n) is 8.07. The summed E-state index contributed by atoms with van der Waals surface area (Å²) in [5.41, 5.74) is 0.957. The number of quaternary nitrogens is 1. The number of benzene rings is 1. The molecule has 0 aliphatic carbocycles. The lowest BCUT2D eigenvalue weighted by Gasteiger charge is -2.36. The van der Waals surface area contributed by atoms with Crippen molar-refractivity contribution in [3.8, 4) is 0 Å². The Kier molecular flexibility index (Phi) is 15.0. The lowest BCUT2D eigenvalue weighted by Crippen LogP contribution is -3.00. The van der Waals surface area contributed by atoms with E-state index in [-0.39, 0.29) is 21.5 Å². The van der Waals surface area contributed by atoms with Crippen molar-refractivity contribution in [1.82, 2.24) is 0 Å². The van der Waals surface area contributed by atoms with Crippen LogP contribution in [0.1, 0.15) is 103 Å². The van der Waals surface area contributed by atoms with E-state index in [4.69, 9.17) is 23.6 Å². The van der Waals surface area contributed by atoms with Crippen molar-refractivity contribution in [1.29, 1.82) is 0 Å². The van der Waals surface area contributed by atoms with Crippen molar-refractivity contribution in [2.45, 2.75) is 103 Å². The van der Waals surface area contributed by atoms with Gasteiger partial charge in [0.15, 0.2) is 29.1 Å². The first kappa shape index (κ1) is 27.0. The van der Waals surface area contributed by atoms with Gasteiger partial charge in [0.25, 0.3) is 0 Å². The van der Waals surface area contributed by atoms with Gasteiger partial charge < -0.3 is 12.4 Å². The lowest BCUT2D eigenvalue weighted by atomic mass is 9.86. The average Bonchev–Trinajstić information content (AvgIpc) is 2.62. The van der Waals surface area contributed by atoms with Crippen molar-refractivity contribution < 1.29 is 15.9 Å². The lowest BCUT2D eigenvalue weighted by molar-refractivity contribution is -0.743. The molecule has 1 aromatic rings. The molecule has 1 aromatic carbocycles. The molecule has 4 heteroatoms. The third-order valence-corrected chi connectivity index (χ3v) is 6.53. The predicted molar refractivity (Wildman–Crippen MR) is 117 cm³/mol. The van der Waals surface area contributed by atoms with Crippen LogP contribution in [-0.4, -0.2) is 10.6 Å². The molecule has 1 nitrogen and oxygen atoms in total. The van der Waals surface area contributed by atoms with E-state index in [0.717, 1.165) is 6.42 Å². The minimum absolute atomic E-state index is 0. The zero-order valence-corrected chi connectivity index (χ0v) is 19.9. The van der Waals surface area contributed by atoms with Crippen LogP contribution < -0.4 is 12.4 Å². The first-order chi connectivity index (χ1) is 12.4. The van der Waals surface area contributed by atoms with Gasteiger partial charge in [-0.25, -0.2) is 0 Å². The summed E-state index contributed by atoms with van der Waals surface area (Å²) >= 11 is 13.0. The fraction of sp³-hybridized carbons (Fsp3) is 0.739. The SMILES string of the molecule is CCCCCCCCCCCCCCC(C)(c1ccccc1)[N+](C)(Cl)Cl.[Cl-]. The third kappa shape index (κ3) is 10.4. The molecule has 1 atom stereocenters. The average molecular weight is 437 g/mol. The normalized spacial score (nSPS) is 13.8. The highest BCUT2D eigenvalue weighted by molar-refractivity contribution is 6.23. The Bertz CT molecular complexity index is 458. The Hall–Kier alpha value is 0.0500. The van der Waals surface area contributed by atoms with Gasteiger partial charge in [0.05, 0.1) is 0 Å². The molecule has 0 aliphatic rings. The minimum Gasteiger partial charge on any atom is -1.00 e. The van der Waals surface area contributed by atoms with E-state index >= 15 is 0 Å². The molecule has 27 heavy (non-hydrogen) atoms. The Balaban J connectivity index is 0.00000676. The van der Waals surface area contributed by atoms with E-state index in [1.165, 1.54) is 82.6 Å². The highest BCUT2D eigenvalue weighted by Crippen LogP contribution is 2.42. The fourth-order valence-electron chi connectivity index (χ4n) is 3.67.